The Morgan fingerprint density at radius 1 is 1.41 bits per heavy atom. The van der Waals surface area contributed by atoms with E-state index in [0.29, 0.717) is 24.7 Å². The summed E-state index contributed by atoms with van der Waals surface area (Å²) in [6.07, 6.45) is 0.832. The molecule has 1 aliphatic heterocycles. The maximum atomic E-state index is 12.1. The monoisotopic (exact) mass is 311 g/mol. The van der Waals surface area contributed by atoms with Crippen molar-refractivity contribution in [3.05, 3.63) is 35.4 Å². The van der Waals surface area contributed by atoms with E-state index in [9.17, 15) is 14.7 Å². The van der Waals surface area contributed by atoms with Crippen LogP contribution >= 0.6 is 0 Å². The number of carbonyl (C=O) groups is 2. The second kappa shape index (κ2) is 6.71. The molecule has 0 radical (unpaired) electrons. The van der Waals surface area contributed by atoms with Gasteiger partial charge in [-0.15, -0.1) is 0 Å². The Kier molecular flexibility index (Phi) is 5.33. The second-order valence-electron chi connectivity index (χ2n) is 6.11. The molecule has 1 aromatic carbocycles. The van der Waals surface area contributed by atoms with Gasteiger partial charge >= 0.3 is 29.6 Å². The number of amides is 1. The van der Waals surface area contributed by atoms with E-state index < -0.39 is 11.9 Å². The quantitative estimate of drug-likeness (QED) is 0.593. The number of aryl methyl sites for hydroxylation is 1. The van der Waals surface area contributed by atoms with Crippen molar-refractivity contribution in [1.29, 1.82) is 0 Å². The SMILES string of the molecule is Cc1ccc(C(CC(=O)N[C@@]23COC[C@@H]2C3)C(=O)[O-])cc1.[Na+]. The average Bonchev–Trinajstić information content (AvgIpc) is 2.97. The topological polar surface area (TPSA) is 78.5 Å². The molecule has 0 spiro atoms. The first-order valence-electron chi connectivity index (χ1n) is 7.16. The Hall–Kier alpha value is -0.880. The number of fused-ring (bicyclic) bond motifs is 1. The van der Waals surface area contributed by atoms with E-state index in [2.05, 4.69) is 5.32 Å². The Bertz CT molecular complexity index is 574. The zero-order chi connectivity index (χ0) is 15.0. The molecular formula is C16H18NNaO4. The smallest absolute Gasteiger partial charge is 0.549 e. The number of benzene rings is 1. The molecule has 1 aliphatic carbocycles. The molecule has 1 amide bonds. The van der Waals surface area contributed by atoms with E-state index in [1.54, 1.807) is 12.1 Å². The summed E-state index contributed by atoms with van der Waals surface area (Å²) in [6, 6.07) is 7.15. The minimum Gasteiger partial charge on any atom is -0.549 e. The molecule has 5 nitrogen and oxygen atoms in total. The van der Waals surface area contributed by atoms with E-state index >= 15 is 0 Å². The van der Waals surface area contributed by atoms with Gasteiger partial charge in [-0.05, 0) is 18.9 Å². The number of rotatable bonds is 5. The van der Waals surface area contributed by atoms with E-state index in [1.807, 2.05) is 19.1 Å². The molecule has 22 heavy (non-hydrogen) atoms. The molecule has 6 heteroatoms. The van der Waals surface area contributed by atoms with Crippen molar-refractivity contribution in [2.45, 2.75) is 31.2 Å². The summed E-state index contributed by atoms with van der Waals surface area (Å²) in [5.74, 6) is -2.00. The van der Waals surface area contributed by atoms with Crippen LogP contribution < -0.4 is 40.0 Å². The van der Waals surface area contributed by atoms with Gasteiger partial charge in [0.15, 0.2) is 0 Å². The number of carboxylic acids is 1. The molecule has 2 aliphatic rings. The van der Waals surface area contributed by atoms with Gasteiger partial charge in [-0.1, -0.05) is 29.8 Å². The zero-order valence-corrected chi connectivity index (χ0v) is 14.9. The molecular weight excluding hydrogens is 293 g/mol. The van der Waals surface area contributed by atoms with E-state index in [1.165, 1.54) is 0 Å². The summed E-state index contributed by atoms with van der Waals surface area (Å²) in [5, 5.41) is 14.3. The van der Waals surface area contributed by atoms with Gasteiger partial charge in [0, 0.05) is 24.2 Å². The summed E-state index contributed by atoms with van der Waals surface area (Å²) in [4.78, 5) is 23.5. The number of aliphatic carboxylic acids is 1. The summed E-state index contributed by atoms with van der Waals surface area (Å²) in [7, 11) is 0. The third-order valence-corrected chi connectivity index (χ3v) is 4.45. The molecule has 1 heterocycles. The number of carbonyl (C=O) groups excluding carboxylic acids is 2. The maximum absolute atomic E-state index is 12.1. The average molecular weight is 311 g/mol. The van der Waals surface area contributed by atoms with Crippen molar-refractivity contribution in [2.75, 3.05) is 13.2 Å². The predicted molar refractivity (Wildman–Crippen MR) is 73.3 cm³/mol. The van der Waals surface area contributed by atoms with E-state index in [-0.39, 0.29) is 47.4 Å². The molecule has 3 atom stereocenters. The maximum Gasteiger partial charge on any atom is 1.00 e. The minimum absolute atomic E-state index is 0. The third kappa shape index (κ3) is 3.54. The number of hydrogen-bond donors (Lipinski definition) is 1. The fourth-order valence-corrected chi connectivity index (χ4v) is 3.00. The van der Waals surface area contributed by atoms with Crippen molar-refractivity contribution >= 4 is 11.9 Å². The number of nitrogens with one attached hydrogen (secondary N) is 1. The first-order valence-corrected chi connectivity index (χ1v) is 7.16. The molecule has 1 saturated heterocycles. The second-order valence-corrected chi connectivity index (χ2v) is 6.11. The largest absolute Gasteiger partial charge is 1.00 e. The third-order valence-electron chi connectivity index (χ3n) is 4.45. The number of hydrogen-bond acceptors (Lipinski definition) is 4. The van der Waals surface area contributed by atoms with Crippen molar-refractivity contribution < 1.29 is 49.0 Å². The summed E-state index contributed by atoms with van der Waals surface area (Å²) >= 11 is 0. The Balaban J connectivity index is 0.00000176. The molecule has 1 N–H and O–H groups in total. The standard InChI is InChI=1S/C16H19NO4.Na/c1-10-2-4-11(5-3-10)13(15(19)20)6-14(18)17-16-7-12(16)8-21-9-16;/h2-5,12-13H,6-9H2,1H3,(H,17,18)(H,19,20);/q;+1/p-1/t12-,13?,16-;/m0./s1. The number of ether oxygens (including phenoxy) is 1. The van der Waals surface area contributed by atoms with Gasteiger partial charge < -0.3 is 20.0 Å². The first kappa shape index (κ1) is 17.5. The molecule has 3 rings (SSSR count). The van der Waals surface area contributed by atoms with Crippen LogP contribution in [0.5, 0.6) is 0 Å². The van der Waals surface area contributed by atoms with Crippen LogP contribution in [0, 0.1) is 12.8 Å². The van der Waals surface area contributed by atoms with Gasteiger partial charge in [-0.3, -0.25) is 4.79 Å². The summed E-state index contributed by atoms with van der Waals surface area (Å²) in [6.45, 7) is 3.14. The molecule has 1 unspecified atom stereocenters. The molecule has 1 aromatic rings. The fourth-order valence-electron chi connectivity index (χ4n) is 3.00. The van der Waals surface area contributed by atoms with Crippen molar-refractivity contribution in [2.24, 2.45) is 5.92 Å². The number of carboxylic acid groups (broad SMARTS) is 1. The van der Waals surface area contributed by atoms with Crippen LogP contribution in [0.4, 0.5) is 0 Å². The van der Waals surface area contributed by atoms with Gasteiger partial charge in [0.2, 0.25) is 5.91 Å². The van der Waals surface area contributed by atoms with Gasteiger partial charge in [0.25, 0.3) is 0 Å². The first-order chi connectivity index (χ1) is 10.00. The minimum atomic E-state index is -1.22. The van der Waals surface area contributed by atoms with Crippen LogP contribution in [-0.2, 0) is 14.3 Å². The van der Waals surface area contributed by atoms with Gasteiger partial charge in [-0.25, -0.2) is 0 Å². The van der Waals surface area contributed by atoms with E-state index in [4.69, 9.17) is 4.74 Å². The van der Waals surface area contributed by atoms with Crippen LogP contribution in [0.3, 0.4) is 0 Å². The van der Waals surface area contributed by atoms with Crippen molar-refractivity contribution in [1.82, 2.24) is 5.32 Å². The predicted octanol–water partition coefficient (Wildman–Crippen LogP) is -2.87. The fraction of sp³-hybridized carbons (Fsp3) is 0.500. The Labute approximate surface area is 151 Å². The summed E-state index contributed by atoms with van der Waals surface area (Å²) in [5.41, 5.74) is 1.41. The van der Waals surface area contributed by atoms with Crippen LogP contribution in [-0.4, -0.2) is 30.6 Å². The van der Waals surface area contributed by atoms with Crippen LogP contribution in [0.1, 0.15) is 29.9 Å². The van der Waals surface area contributed by atoms with Gasteiger partial charge in [0.1, 0.15) is 0 Å². The normalized spacial score (nSPS) is 26.5. The molecule has 2 fully saturated rings. The Morgan fingerprint density at radius 3 is 2.59 bits per heavy atom. The van der Waals surface area contributed by atoms with Crippen molar-refractivity contribution in [3.8, 4) is 0 Å². The summed E-state index contributed by atoms with van der Waals surface area (Å²) < 4.78 is 5.32. The molecule has 0 bridgehead atoms. The van der Waals surface area contributed by atoms with E-state index in [0.717, 1.165) is 12.0 Å². The molecule has 0 aromatic heterocycles. The zero-order valence-electron chi connectivity index (χ0n) is 12.9. The van der Waals surface area contributed by atoms with Gasteiger partial charge in [0.05, 0.1) is 18.8 Å². The van der Waals surface area contributed by atoms with Crippen LogP contribution in [0.2, 0.25) is 0 Å². The van der Waals surface area contributed by atoms with Crippen molar-refractivity contribution in [3.63, 3.8) is 0 Å². The van der Waals surface area contributed by atoms with Crippen LogP contribution in [0.15, 0.2) is 24.3 Å². The Morgan fingerprint density at radius 2 is 2.09 bits per heavy atom. The van der Waals surface area contributed by atoms with Gasteiger partial charge in [-0.2, -0.15) is 0 Å². The molecule has 112 valence electrons. The molecule has 1 saturated carbocycles. The van der Waals surface area contributed by atoms with Crippen LogP contribution in [0.25, 0.3) is 0 Å².